The third-order valence-corrected chi connectivity index (χ3v) is 1.67. The second kappa shape index (κ2) is 3.13. The largest absolute Gasteiger partial charge is 0.265 e. The molecule has 0 saturated carbocycles. The SMILES string of the molecule is c1cccn2ccccn2cc1. The van der Waals surface area contributed by atoms with E-state index in [4.69, 9.17) is 0 Å². The zero-order chi connectivity index (χ0) is 8.23. The van der Waals surface area contributed by atoms with Crippen molar-refractivity contribution in [3.63, 3.8) is 0 Å². The van der Waals surface area contributed by atoms with Crippen LogP contribution in [0.25, 0.3) is 0 Å². The number of hydrogen-bond donors (Lipinski definition) is 0. The van der Waals surface area contributed by atoms with Crippen molar-refractivity contribution in [3.8, 4) is 0 Å². The second-order valence-electron chi connectivity index (χ2n) is 2.51. The lowest BCUT2D eigenvalue weighted by atomic mass is 10.5. The maximum Gasteiger partial charge on any atom is 0.0268 e. The normalized spacial score (nSPS) is 9.67. The van der Waals surface area contributed by atoms with E-state index in [1.165, 1.54) is 0 Å². The van der Waals surface area contributed by atoms with Crippen LogP contribution in [0.15, 0.2) is 61.2 Å². The Morgan fingerprint density at radius 3 is 1.17 bits per heavy atom. The van der Waals surface area contributed by atoms with Crippen molar-refractivity contribution in [2.75, 3.05) is 0 Å². The highest BCUT2D eigenvalue weighted by Gasteiger charge is 1.77. The van der Waals surface area contributed by atoms with Gasteiger partial charge in [-0.05, 0) is 24.3 Å². The molecule has 2 aromatic heterocycles. The Labute approximate surface area is 71.0 Å². The lowest BCUT2D eigenvalue weighted by Crippen LogP contribution is -1.95. The van der Waals surface area contributed by atoms with Crippen LogP contribution in [0.2, 0.25) is 0 Å². The molecular weight excluding hydrogens is 148 g/mol. The van der Waals surface area contributed by atoms with Gasteiger partial charge in [-0.15, -0.1) is 0 Å². The Kier molecular flexibility index (Phi) is 1.82. The molecule has 12 heavy (non-hydrogen) atoms. The molecule has 2 nitrogen and oxygen atoms in total. The van der Waals surface area contributed by atoms with Crippen LogP contribution in [0.1, 0.15) is 0 Å². The third-order valence-electron chi connectivity index (χ3n) is 1.67. The molecule has 0 atom stereocenters. The van der Waals surface area contributed by atoms with E-state index in [-0.39, 0.29) is 0 Å². The number of aromatic nitrogens is 2. The van der Waals surface area contributed by atoms with Gasteiger partial charge in [0.15, 0.2) is 0 Å². The summed E-state index contributed by atoms with van der Waals surface area (Å²) in [5.41, 5.74) is 0. The van der Waals surface area contributed by atoms with Crippen LogP contribution < -0.4 is 0 Å². The van der Waals surface area contributed by atoms with Crippen molar-refractivity contribution in [2.24, 2.45) is 0 Å². The fourth-order valence-corrected chi connectivity index (χ4v) is 1.09. The zero-order valence-corrected chi connectivity index (χ0v) is 6.67. The van der Waals surface area contributed by atoms with Crippen LogP contribution in [-0.2, 0) is 0 Å². The summed E-state index contributed by atoms with van der Waals surface area (Å²) < 4.78 is 4.00. The molecule has 2 heterocycles. The molecule has 0 amide bonds. The Bertz CT molecular complexity index is 370. The minimum atomic E-state index is 2.00. The van der Waals surface area contributed by atoms with Crippen LogP contribution in [0.3, 0.4) is 0 Å². The summed E-state index contributed by atoms with van der Waals surface area (Å²) in [5, 5.41) is 0. The summed E-state index contributed by atoms with van der Waals surface area (Å²) in [7, 11) is 0. The molecule has 0 fully saturated rings. The van der Waals surface area contributed by atoms with Crippen molar-refractivity contribution < 1.29 is 0 Å². The molecule has 0 saturated heterocycles. The van der Waals surface area contributed by atoms with E-state index in [9.17, 15) is 0 Å². The van der Waals surface area contributed by atoms with E-state index >= 15 is 0 Å². The number of hydrogen-bond acceptors (Lipinski definition) is 0. The smallest absolute Gasteiger partial charge is 0.0268 e. The first-order valence-electron chi connectivity index (χ1n) is 3.90. The van der Waals surface area contributed by atoms with E-state index in [0.29, 0.717) is 0 Å². The first-order chi connectivity index (χ1) is 5.97. The van der Waals surface area contributed by atoms with E-state index in [1.807, 2.05) is 70.2 Å². The molecule has 60 valence electrons. The highest BCUT2D eigenvalue weighted by molar-refractivity contribution is 4.95. The number of fused-ring (bicyclic) bond motifs is 1. The van der Waals surface area contributed by atoms with Gasteiger partial charge in [-0.2, -0.15) is 0 Å². The summed E-state index contributed by atoms with van der Waals surface area (Å²) in [4.78, 5) is 0. The van der Waals surface area contributed by atoms with Crippen molar-refractivity contribution >= 4 is 0 Å². The van der Waals surface area contributed by atoms with Crippen LogP contribution in [0, 0.1) is 0 Å². The Morgan fingerprint density at radius 1 is 0.417 bits per heavy atom. The van der Waals surface area contributed by atoms with Gasteiger partial charge in [0.05, 0.1) is 0 Å². The third kappa shape index (κ3) is 1.32. The molecule has 0 unspecified atom stereocenters. The minimum Gasteiger partial charge on any atom is -0.265 e. The Balaban J connectivity index is 2.83. The summed E-state index contributed by atoms with van der Waals surface area (Å²) in [6, 6.07) is 12.0. The molecule has 2 rings (SSSR count). The van der Waals surface area contributed by atoms with E-state index in [0.717, 1.165) is 0 Å². The Hall–Kier alpha value is -1.70. The van der Waals surface area contributed by atoms with Crippen molar-refractivity contribution in [2.45, 2.75) is 0 Å². The molecule has 0 N–H and O–H groups in total. The molecule has 0 radical (unpaired) electrons. The Morgan fingerprint density at radius 2 is 0.750 bits per heavy atom. The maximum absolute atomic E-state index is 2.00. The van der Waals surface area contributed by atoms with Crippen molar-refractivity contribution in [3.05, 3.63) is 61.2 Å². The molecule has 0 aliphatic carbocycles. The quantitative estimate of drug-likeness (QED) is 0.555. The van der Waals surface area contributed by atoms with Gasteiger partial charge in [0.25, 0.3) is 0 Å². The fourth-order valence-electron chi connectivity index (χ4n) is 1.09. The highest BCUT2D eigenvalue weighted by Crippen LogP contribution is 1.87. The predicted molar refractivity (Wildman–Crippen MR) is 48.5 cm³/mol. The molecule has 0 aromatic carbocycles. The minimum absolute atomic E-state index is 2.00. The fraction of sp³-hybridized carbons (Fsp3) is 0. The summed E-state index contributed by atoms with van der Waals surface area (Å²) in [6.07, 6.45) is 8.00. The van der Waals surface area contributed by atoms with Gasteiger partial charge in [0.1, 0.15) is 0 Å². The van der Waals surface area contributed by atoms with Gasteiger partial charge in [0.2, 0.25) is 0 Å². The van der Waals surface area contributed by atoms with Crippen LogP contribution in [0.5, 0.6) is 0 Å². The zero-order valence-electron chi connectivity index (χ0n) is 6.67. The standard InChI is InChI=1S/C10H10N2/c1-2-4-8-12-10-6-5-9-11(12)7-3-1/h1-10H. The van der Waals surface area contributed by atoms with E-state index < -0.39 is 0 Å². The summed E-state index contributed by atoms with van der Waals surface area (Å²) >= 11 is 0. The molecule has 0 aliphatic heterocycles. The van der Waals surface area contributed by atoms with E-state index in [2.05, 4.69) is 0 Å². The average molecular weight is 158 g/mol. The van der Waals surface area contributed by atoms with E-state index in [1.54, 1.807) is 0 Å². The highest BCUT2D eigenvalue weighted by atomic mass is 15.3. The summed E-state index contributed by atoms with van der Waals surface area (Å²) in [5.74, 6) is 0. The molecule has 0 spiro atoms. The van der Waals surface area contributed by atoms with Crippen LogP contribution in [0.4, 0.5) is 0 Å². The van der Waals surface area contributed by atoms with Crippen molar-refractivity contribution in [1.29, 1.82) is 0 Å². The molecule has 0 aliphatic rings. The molecular formula is C10H10N2. The van der Waals surface area contributed by atoms with Gasteiger partial charge in [-0.1, -0.05) is 12.1 Å². The van der Waals surface area contributed by atoms with Crippen molar-refractivity contribution in [1.82, 2.24) is 9.03 Å². The van der Waals surface area contributed by atoms with Gasteiger partial charge in [-0.3, -0.25) is 9.03 Å². The lowest BCUT2D eigenvalue weighted by molar-refractivity contribution is 0.786. The summed E-state index contributed by atoms with van der Waals surface area (Å²) in [6.45, 7) is 0. The monoisotopic (exact) mass is 158 g/mol. The lowest BCUT2D eigenvalue weighted by Gasteiger charge is -1.99. The average Bonchev–Trinajstić information content (AvgIpc) is 2.06. The first-order valence-corrected chi connectivity index (χ1v) is 3.90. The predicted octanol–water partition coefficient (Wildman–Crippen LogP) is 2.16. The number of nitrogens with zero attached hydrogens (tertiary/aromatic N) is 2. The van der Waals surface area contributed by atoms with Crippen LogP contribution >= 0.6 is 0 Å². The second-order valence-corrected chi connectivity index (χ2v) is 2.51. The van der Waals surface area contributed by atoms with Gasteiger partial charge in [-0.25, -0.2) is 0 Å². The van der Waals surface area contributed by atoms with Gasteiger partial charge >= 0.3 is 0 Å². The topological polar surface area (TPSA) is 8.82 Å². The molecule has 0 bridgehead atoms. The number of rotatable bonds is 0. The molecule has 2 heteroatoms. The first kappa shape index (κ1) is 6.98. The van der Waals surface area contributed by atoms with Gasteiger partial charge in [0, 0.05) is 24.8 Å². The molecule has 2 aromatic rings. The van der Waals surface area contributed by atoms with Gasteiger partial charge < -0.3 is 0 Å². The maximum atomic E-state index is 2.00. The van der Waals surface area contributed by atoms with Crippen LogP contribution in [-0.4, -0.2) is 9.03 Å².